The van der Waals surface area contributed by atoms with Gasteiger partial charge in [0.1, 0.15) is 0 Å². The summed E-state index contributed by atoms with van der Waals surface area (Å²) in [5, 5.41) is 4.84. The lowest BCUT2D eigenvalue weighted by Gasteiger charge is -2.05. The number of unbranched alkanes of at least 4 members (excludes halogenated alkanes) is 2. The highest BCUT2D eigenvalue weighted by atomic mass is 14.8. The maximum absolute atomic E-state index is 3.50. The molecular weight excluding hydrogens is 196 g/mol. The van der Waals surface area contributed by atoms with Crippen LogP contribution in [0, 0.1) is 0 Å². The summed E-state index contributed by atoms with van der Waals surface area (Å²) in [4.78, 5) is 3.24. The Labute approximate surface area is 97.1 Å². The third-order valence-electron chi connectivity index (χ3n) is 2.96. The Morgan fingerprint density at radius 1 is 1.19 bits per heavy atom. The smallest absolute Gasteiger partial charge is 0.0457 e. The number of aromatic amines is 1. The number of H-pyrrole nitrogens is 1. The highest BCUT2D eigenvalue weighted by Gasteiger charge is 2.00. The topological polar surface area (TPSA) is 27.8 Å². The van der Waals surface area contributed by atoms with Crippen LogP contribution in [0.1, 0.15) is 31.7 Å². The number of rotatable bonds is 6. The molecule has 0 spiro atoms. The molecule has 0 aliphatic heterocycles. The van der Waals surface area contributed by atoms with Crippen molar-refractivity contribution in [2.24, 2.45) is 0 Å². The van der Waals surface area contributed by atoms with E-state index in [1.54, 1.807) is 0 Å². The molecule has 0 aliphatic rings. The van der Waals surface area contributed by atoms with E-state index in [1.807, 2.05) is 6.20 Å². The summed E-state index contributed by atoms with van der Waals surface area (Å²) in [6, 6.07) is 8.58. The van der Waals surface area contributed by atoms with Crippen molar-refractivity contribution in [2.75, 3.05) is 6.54 Å². The van der Waals surface area contributed by atoms with E-state index < -0.39 is 0 Å². The molecule has 1 aromatic carbocycles. The SMILES string of the molecule is CCCCCNCc1cccc2[nH]ccc12. The number of hydrogen-bond donors (Lipinski definition) is 2. The zero-order valence-corrected chi connectivity index (χ0v) is 9.92. The Morgan fingerprint density at radius 2 is 2.12 bits per heavy atom. The van der Waals surface area contributed by atoms with Gasteiger partial charge in [-0.25, -0.2) is 0 Å². The molecule has 86 valence electrons. The Bertz CT molecular complexity index is 431. The van der Waals surface area contributed by atoms with E-state index in [2.05, 4.69) is 41.5 Å². The number of hydrogen-bond acceptors (Lipinski definition) is 1. The van der Waals surface area contributed by atoms with E-state index in [9.17, 15) is 0 Å². The second-order valence-electron chi connectivity index (χ2n) is 4.24. The van der Waals surface area contributed by atoms with Crippen LogP contribution in [0.2, 0.25) is 0 Å². The number of benzene rings is 1. The van der Waals surface area contributed by atoms with Crippen molar-refractivity contribution in [3.8, 4) is 0 Å². The van der Waals surface area contributed by atoms with Crippen molar-refractivity contribution in [2.45, 2.75) is 32.7 Å². The van der Waals surface area contributed by atoms with Gasteiger partial charge in [-0.05, 0) is 30.7 Å². The molecule has 1 heterocycles. The fraction of sp³-hybridized carbons (Fsp3) is 0.429. The fourth-order valence-electron chi connectivity index (χ4n) is 2.03. The molecule has 0 fully saturated rings. The first-order chi connectivity index (χ1) is 7.92. The molecule has 0 saturated carbocycles. The van der Waals surface area contributed by atoms with E-state index in [4.69, 9.17) is 0 Å². The van der Waals surface area contributed by atoms with Crippen LogP contribution in [-0.2, 0) is 6.54 Å². The summed E-state index contributed by atoms with van der Waals surface area (Å²) < 4.78 is 0. The number of nitrogens with one attached hydrogen (secondary N) is 2. The summed E-state index contributed by atoms with van der Waals surface area (Å²) in [5.74, 6) is 0. The first-order valence-corrected chi connectivity index (χ1v) is 6.17. The van der Waals surface area contributed by atoms with Gasteiger partial charge in [0.05, 0.1) is 0 Å². The predicted molar refractivity (Wildman–Crippen MR) is 69.5 cm³/mol. The molecule has 0 amide bonds. The minimum absolute atomic E-state index is 0.971. The lowest BCUT2D eigenvalue weighted by Crippen LogP contribution is -2.14. The largest absolute Gasteiger partial charge is 0.361 e. The highest BCUT2D eigenvalue weighted by Crippen LogP contribution is 2.16. The van der Waals surface area contributed by atoms with Crippen LogP contribution in [0.4, 0.5) is 0 Å². The van der Waals surface area contributed by atoms with E-state index in [-0.39, 0.29) is 0 Å². The normalized spacial score (nSPS) is 11.1. The Morgan fingerprint density at radius 3 is 3.00 bits per heavy atom. The van der Waals surface area contributed by atoms with Crippen LogP contribution in [0.25, 0.3) is 10.9 Å². The van der Waals surface area contributed by atoms with Gasteiger partial charge in [-0.15, -0.1) is 0 Å². The van der Waals surface area contributed by atoms with Gasteiger partial charge in [-0.3, -0.25) is 0 Å². The van der Waals surface area contributed by atoms with Gasteiger partial charge in [0.15, 0.2) is 0 Å². The first-order valence-electron chi connectivity index (χ1n) is 6.17. The highest BCUT2D eigenvalue weighted by molar-refractivity contribution is 5.82. The molecule has 2 aromatic rings. The Hall–Kier alpha value is -1.28. The Balaban J connectivity index is 1.91. The van der Waals surface area contributed by atoms with Crippen LogP contribution >= 0.6 is 0 Å². The number of fused-ring (bicyclic) bond motifs is 1. The molecule has 2 N–H and O–H groups in total. The number of aromatic nitrogens is 1. The summed E-state index contributed by atoms with van der Waals surface area (Å²) in [6.07, 6.45) is 5.89. The van der Waals surface area contributed by atoms with Gasteiger partial charge < -0.3 is 10.3 Å². The van der Waals surface area contributed by atoms with Crippen molar-refractivity contribution in [3.63, 3.8) is 0 Å². The second kappa shape index (κ2) is 5.71. The molecule has 16 heavy (non-hydrogen) atoms. The minimum Gasteiger partial charge on any atom is -0.361 e. The molecule has 0 aliphatic carbocycles. The summed E-state index contributed by atoms with van der Waals surface area (Å²) in [6.45, 7) is 4.33. The molecular formula is C14H20N2. The third kappa shape index (κ3) is 2.64. The summed E-state index contributed by atoms with van der Waals surface area (Å²) in [5.41, 5.74) is 2.61. The zero-order chi connectivity index (χ0) is 11.2. The molecule has 1 aromatic heterocycles. The molecule has 0 radical (unpaired) electrons. The van der Waals surface area contributed by atoms with Crippen molar-refractivity contribution in [1.82, 2.24) is 10.3 Å². The van der Waals surface area contributed by atoms with Gasteiger partial charge >= 0.3 is 0 Å². The molecule has 2 nitrogen and oxygen atoms in total. The summed E-state index contributed by atoms with van der Waals surface area (Å²) >= 11 is 0. The van der Waals surface area contributed by atoms with Crippen LogP contribution in [0.3, 0.4) is 0 Å². The van der Waals surface area contributed by atoms with Crippen molar-refractivity contribution in [3.05, 3.63) is 36.0 Å². The average Bonchev–Trinajstić information content (AvgIpc) is 2.77. The van der Waals surface area contributed by atoms with Gasteiger partial charge in [0, 0.05) is 23.6 Å². The van der Waals surface area contributed by atoms with Crippen LogP contribution in [0.5, 0.6) is 0 Å². The van der Waals surface area contributed by atoms with Crippen molar-refractivity contribution < 1.29 is 0 Å². The van der Waals surface area contributed by atoms with E-state index in [0.29, 0.717) is 0 Å². The van der Waals surface area contributed by atoms with Crippen LogP contribution < -0.4 is 5.32 Å². The van der Waals surface area contributed by atoms with Gasteiger partial charge in [0.2, 0.25) is 0 Å². The fourth-order valence-corrected chi connectivity index (χ4v) is 2.03. The minimum atomic E-state index is 0.971. The van der Waals surface area contributed by atoms with Crippen molar-refractivity contribution in [1.29, 1.82) is 0 Å². The zero-order valence-electron chi connectivity index (χ0n) is 9.92. The van der Waals surface area contributed by atoms with E-state index >= 15 is 0 Å². The lowest BCUT2D eigenvalue weighted by atomic mass is 10.1. The third-order valence-corrected chi connectivity index (χ3v) is 2.96. The van der Waals surface area contributed by atoms with E-state index in [0.717, 1.165) is 13.1 Å². The lowest BCUT2D eigenvalue weighted by molar-refractivity contribution is 0.618. The first kappa shape index (κ1) is 11.2. The molecule has 0 unspecified atom stereocenters. The van der Waals surface area contributed by atoms with Gasteiger partial charge in [0.25, 0.3) is 0 Å². The quantitative estimate of drug-likeness (QED) is 0.711. The maximum atomic E-state index is 3.50. The molecule has 0 saturated heterocycles. The standard InChI is InChI=1S/C14H20N2/c1-2-3-4-9-15-11-12-6-5-7-14-13(12)8-10-16-14/h5-8,10,15-16H,2-4,9,11H2,1H3. The van der Waals surface area contributed by atoms with E-state index in [1.165, 1.54) is 35.7 Å². The van der Waals surface area contributed by atoms with Gasteiger partial charge in [-0.2, -0.15) is 0 Å². The van der Waals surface area contributed by atoms with Crippen LogP contribution in [0.15, 0.2) is 30.5 Å². The van der Waals surface area contributed by atoms with Crippen molar-refractivity contribution >= 4 is 10.9 Å². The molecule has 0 atom stereocenters. The average molecular weight is 216 g/mol. The monoisotopic (exact) mass is 216 g/mol. The second-order valence-corrected chi connectivity index (χ2v) is 4.24. The maximum Gasteiger partial charge on any atom is 0.0457 e. The molecule has 2 rings (SSSR count). The summed E-state index contributed by atoms with van der Waals surface area (Å²) in [7, 11) is 0. The molecule has 0 bridgehead atoms. The Kier molecular flexibility index (Phi) is 4.00. The van der Waals surface area contributed by atoms with Gasteiger partial charge in [-0.1, -0.05) is 31.9 Å². The van der Waals surface area contributed by atoms with Crippen LogP contribution in [-0.4, -0.2) is 11.5 Å². The molecule has 2 heteroatoms. The predicted octanol–water partition coefficient (Wildman–Crippen LogP) is 3.45.